The molecule has 2 aliphatic rings. The summed E-state index contributed by atoms with van der Waals surface area (Å²) in [7, 11) is 25.6. The van der Waals surface area contributed by atoms with Gasteiger partial charge in [0.05, 0.1) is 26.4 Å². The van der Waals surface area contributed by atoms with Crippen molar-refractivity contribution in [1.29, 1.82) is 0 Å². The van der Waals surface area contributed by atoms with E-state index >= 15 is 0 Å². The van der Waals surface area contributed by atoms with Crippen LogP contribution in [0.1, 0.15) is 0 Å². The van der Waals surface area contributed by atoms with Crippen LogP contribution in [0.2, 0.25) is 15.4 Å². The summed E-state index contributed by atoms with van der Waals surface area (Å²) < 4.78 is 21.0. The first-order valence-corrected chi connectivity index (χ1v) is 41.5. The molecule has 11 unspecified atom stereocenters. The molecule has 6 rings (SSSR count). The zero-order chi connectivity index (χ0) is 35.2. The molecule has 0 amide bonds. The highest BCUT2D eigenvalue weighted by Crippen LogP contribution is 3.22. The molecule has 0 saturated carbocycles. The van der Waals surface area contributed by atoms with Crippen LogP contribution in [0.15, 0.2) is 45.2 Å². The third-order valence-electron chi connectivity index (χ3n) is 5.90. The SMILES string of the molecule is C1COCCN1.Clc1ccc2nc(Cl)oc2c1.Clc1ccc2nc(N3CCOCC3)oc2c1.PPP(P)P(P(P)P)P(P(P)P)P(P)P. The summed E-state index contributed by atoms with van der Waals surface area (Å²) in [6.45, 7) is 7.80. The number of fused-ring (bicyclic) bond motifs is 2. The van der Waals surface area contributed by atoms with Gasteiger partial charge in [-0.2, -0.15) is 9.97 Å². The molecular weight excluding hydrogens is 955 g/mol. The normalized spacial score (nSPS) is 16.6. The van der Waals surface area contributed by atoms with Gasteiger partial charge in [-0.15, -0.1) is 71.4 Å². The molecule has 4 aromatic rings. The zero-order valence-corrected chi connectivity index (χ0v) is 43.4. The zero-order valence-electron chi connectivity index (χ0n) is 25.5. The quantitative estimate of drug-likeness (QED) is 0.183. The van der Waals surface area contributed by atoms with Crippen molar-refractivity contribution in [2.24, 2.45) is 0 Å². The Morgan fingerprint density at radius 2 is 1.19 bits per heavy atom. The average Bonchev–Trinajstić information content (AvgIpc) is 3.66. The van der Waals surface area contributed by atoms with Gasteiger partial charge in [0.25, 0.3) is 11.4 Å². The predicted molar refractivity (Wildman–Crippen MR) is 257 cm³/mol. The summed E-state index contributed by atoms with van der Waals surface area (Å²) in [5, 5.41) is 4.58. The lowest BCUT2D eigenvalue weighted by Crippen LogP contribution is -2.36. The van der Waals surface area contributed by atoms with Gasteiger partial charge in [0, 0.05) is 48.4 Å². The number of aromatic nitrogens is 2. The first-order chi connectivity index (χ1) is 22.9. The maximum absolute atomic E-state index is 5.89. The Morgan fingerprint density at radius 1 is 0.688 bits per heavy atom. The van der Waals surface area contributed by atoms with Gasteiger partial charge in [0.15, 0.2) is 11.2 Å². The van der Waals surface area contributed by atoms with Crippen molar-refractivity contribution in [1.82, 2.24) is 15.3 Å². The highest BCUT2D eigenvalue weighted by molar-refractivity contribution is 9.28. The highest BCUT2D eigenvalue weighted by Gasteiger charge is 2.33. The topological polar surface area (TPSA) is 85.8 Å². The average molecular weight is 996 g/mol. The van der Waals surface area contributed by atoms with E-state index in [0.717, 1.165) is 77.2 Å². The molecule has 0 radical (unpaired) electrons. The molecule has 2 aliphatic heterocycles. The number of anilines is 1. The molecule has 11 atom stereocenters. The summed E-state index contributed by atoms with van der Waals surface area (Å²) >= 11 is 17.1. The molecule has 8 nitrogen and oxygen atoms in total. The van der Waals surface area contributed by atoms with Crippen LogP contribution in [0.25, 0.3) is 22.2 Å². The van der Waals surface area contributed by atoms with Crippen molar-refractivity contribution >= 4 is 184 Å². The molecule has 2 aromatic carbocycles. The number of oxazole rings is 2. The van der Waals surface area contributed by atoms with E-state index in [-0.39, 0.29) is 47.3 Å². The summed E-state index contributed by atoms with van der Waals surface area (Å²) in [5.74, 6) is 0. The fourth-order valence-corrected chi connectivity index (χ4v) is 161. The Hall–Kier alpha value is 4.38. The number of morpholine rings is 2. The van der Waals surface area contributed by atoms with Gasteiger partial charge in [-0.05, 0) is 77.8 Å². The summed E-state index contributed by atoms with van der Waals surface area (Å²) in [4.78, 5) is 10.4. The molecule has 4 heterocycles. The van der Waals surface area contributed by atoms with Crippen LogP contribution >= 0.6 is 156 Å². The Kier molecular flexibility index (Phi) is 24.9. The highest BCUT2D eigenvalue weighted by atomic mass is 35.5. The fraction of sp³-hybridized carbons (Fsp3) is 0.364. The van der Waals surface area contributed by atoms with Gasteiger partial charge in [-0.3, -0.25) is 0 Å². The summed E-state index contributed by atoms with van der Waals surface area (Å²) in [6, 6.07) is 11.3. The first kappa shape index (κ1) is 46.8. The van der Waals surface area contributed by atoms with Crippen LogP contribution in [0.4, 0.5) is 6.01 Å². The number of nitrogens with one attached hydrogen (secondary N) is 1. The lowest BCUT2D eigenvalue weighted by Gasteiger charge is -2.38. The Balaban J connectivity index is 0.000000182. The van der Waals surface area contributed by atoms with Gasteiger partial charge >= 0.3 is 0 Å². The van der Waals surface area contributed by atoms with E-state index in [1.54, 1.807) is 24.3 Å². The monoisotopic (exact) mass is 994 g/mol. The minimum atomic E-state index is 0.0884. The maximum atomic E-state index is 5.89. The molecule has 2 fully saturated rings. The summed E-state index contributed by atoms with van der Waals surface area (Å²) in [5.41, 5.74) is 2.90. The molecule has 1 N–H and O–H groups in total. The molecule has 0 spiro atoms. The van der Waals surface area contributed by atoms with Crippen molar-refractivity contribution in [3.05, 3.63) is 51.8 Å². The van der Waals surface area contributed by atoms with E-state index < -0.39 is 0 Å². The van der Waals surface area contributed by atoms with Crippen LogP contribution in [0.5, 0.6) is 0 Å². The summed E-state index contributed by atoms with van der Waals surface area (Å²) in [6.07, 6.45) is 0. The number of benzene rings is 2. The van der Waals surface area contributed by atoms with Gasteiger partial charge in [-0.1, -0.05) is 31.2 Å². The van der Waals surface area contributed by atoms with E-state index in [0.29, 0.717) is 21.6 Å². The standard InChI is InChI=1S/C11H11ClN2O2.C7H3Cl2NO.C4H9NO.H17P15/c12-8-1-2-9-10(7-8)16-11(13-9)14-3-5-15-6-4-14;8-4-1-2-5-6(3-4)11-7(9)10-5;1-3-6-4-2-5-1;1-9-13(8)15(12(6)7)14(10(2)3)11(4)5/h1-2,7H,3-6H2;1-3H;5H,1-4H2;9H,1-8H2. The van der Waals surface area contributed by atoms with Crippen LogP contribution in [0, 0.1) is 0 Å². The van der Waals surface area contributed by atoms with Crippen LogP contribution < -0.4 is 10.2 Å². The van der Waals surface area contributed by atoms with Crippen molar-refractivity contribution in [2.75, 3.05) is 57.5 Å². The molecular formula is C22H40Cl3N4O4P15. The second-order valence-corrected chi connectivity index (χ2v) is 66.4. The van der Waals surface area contributed by atoms with E-state index in [2.05, 4.69) is 91.6 Å². The van der Waals surface area contributed by atoms with Gasteiger partial charge in [0.1, 0.15) is 11.0 Å². The number of hydrogen-bond acceptors (Lipinski definition) is 8. The van der Waals surface area contributed by atoms with E-state index in [4.69, 9.17) is 53.1 Å². The molecule has 268 valence electrons. The smallest absolute Gasteiger partial charge is 0.298 e. The van der Waals surface area contributed by atoms with Crippen molar-refractivity contribution < 1.29 is 18.3 Å². The van der Waals surface area contributed by atoms with Crippen molar-refractivity contribution in [2.45, 2.75) is 0 Å². The first-order valence-electron chi connectivity index (χ1n) is 13.8. The molecule has 48 heavy (non-hydrogen) atoms. The number of rotatable bonds is 7. The molecule has 0 aliphatic carbocycles. The third-order valence-corrected chi connectivity index (χ3v) is 94.9. The Bertz CT molecular complexity index is 1500. The van der Waals surface area contributed by atoms with Gasteiger partial charge < -0.3 is 28.5 Å². The molecule has 2 saturated heterocycles. The Labute approximate surface area is 324 Å². The minimum absolute atomic E-state index is 0.0884. The Morgan fingerprint density at radius 3 is 1.65 bits per heavy atom. The lowest BCUT2D eigenvalue weighted by molar-refractivity contribution is 0.109. The maximum Gasteiger partial charge on any atom is 0.298 e. The fourth-order valence-electron chi connectivity index (χ4n) is 3.81. The number of nitrogens with zero attached hydrogens (tertiary/aromatic N) is 3. The number of halogens is 3. The number of ether oxygens (including phenoxy) is 2. The largest absolute Gasteiger partial charge is 0.428 e. The second-order valence-electron chi connectivity index (χ2n) is 9.30. The lowest BCUT2D eigenvalue weighted by atomic mass is 10.3. The van der Waals surface area contributed by atoms with Crippen molar-refractivity contribution in [3.8, 4) is 0 Å². The number of hydrogen-bond donors (Lipinski definition) is 1. The van der Waals surface area contributed by atoms with Gasteiger partial charge in [0.2, 0.25) is 0 Å². The van der Waals surface area contributed by atoms with Crippen LogP contribution in [-0.4, -0.2) is 62.6 Å². The molecule has 2 aromatic heterocycles. The minimum Gasteiger partial charge on any atom is -0.428 e. The van der Waals surface area contributed by atoms with E-state index in [1.807, 2.05) is 12.1 Å². The van der Waals surface area contributed by atoms with Gasteiger partial charge in [-0.25, -0.2) is 0 Å². The van der Waals surface area contributed by atoms with Crippen LogP contribution in [0.3, 0.4) is 0 Å². The van der Waals surface area contributed by atoms with Crippen molar-refractivity contribution in [3.63, 3.8) is 0 Å². The third kappa shape index (κ3) is 16.5. The predicted octanol–water partition coefficient (Wildman–Crippen LogP) is 13.4. The molecule has 0 bridgehead atoms. The van der Waals surface area contributed by atoms with E-state index in [9.17, 15) is 0 Å². The van der Waals surface area contributed by atoms with Crippen LogP contribution in [-0.2, 0) is 9.47 Å². The van der Waals surface area contributed by atoms with E-state index in [1.165, 1.54) is 0 Å². The molecule has 26 heteroatoms. The second kappa shape index (κ2) is 25.6.